The molecule has 6 aromatic heterocycles. The topological polar surface area (TPSA) is 218 Å². The number of alkyl halides is 12. The molecule has 364 valence electrons. The minimum atomic E-state index is -5.01. The normalized spacial score (nSPS) is 12.3. The molecule has 28 heteroatoms. The van der Waals surface area contributed by atoms with E-state index in [1.54, 1.807) is 24.3 Å². The Hall–Kier alpha value is -10.2. The van der Waals surface area contributed by atoms with Crippen molar-refractivity contribution in [3.05, 3.63) is 142 Å². The van der Waals surface area contributed by atoms with Gasteiger partial charge in [0.1, 0.15) is 24.3 Å². The van der Waals surface area contributed by atoms with Crippen LogP contribution in [0.15, 0.2) is 97.1 Å². The van der Waals surface area contributed by atoms with Gasteiger partial charge in [-0.15, -0.1) is 0 Å². The number of fused-ring (bicyclic) bond motifs is 5. The molecule has 10 aromatic rings. The van der Waals surface area contributed by atoms with Gasteiger partial charge in [-0.05, 0) is 72.8 Å². The number of hydrogen-bond acceptors (Lipinski definition) is 12. The van der Waals surface area contributed by atoms with Crippen LogP contribution in [0.4, 0.5) is 52.7 Å². The molecule has 16 nitrogen and oxygen atoms in total. The van der Waals surface area contributed by atoms with Gasteiger partial charge in [-0.1, -0.05) is 24.3 Å². The van der Waals surface area contributed by atoms with Gasteiger partial charge in [0.05, 0.1) is 22.3 Å². The molecule has 0 amide bonds. The van der Waals surface area contributed by atoms with Crippen LogP contribution in [0, 0.1) is 45.3 Å². The number of benzene rings is 4. The van der Waals surface area contributed by atoms with E-state index in [0.29, 0.717) is 48.5 Å². The van der Waals surface area contributed by atoms with E-state index >= 15 is 0 Å². The van der Waals surface area contributed by atoms with E-state index in [4.69, 9.17) is 0 Å². The summed E-state index contributed by atoms with van der Waals surface area (Å²) in [5, 5.41) is 40.2. The van der Waals surface area contributed by atoms with Crippen molar-refractivity contribution >= 4 is 56.5 Å². The SMILES string of the molecule is N#Cc1nc2c(nc1C#N)n(-c1cccc(C(F)(F)F)c1)c1nc3nc4c(nc3nc1n2-c1cccc(C(F)(F)F)c1)n(-c1cccc(C(F)(F)F)c1)c1nc(C#N)c(C#N)nc1n4-c1cccc(C(F)(F)F)c1. The van der Waals surface area contributed by atoms with Gasteiger partial charge < -0.3 is 0 Å². The second-order valence-electron chi connectivity index (χ2n) is 15.5. The highest BCUT2D eigenvalue weighted by Crippen LogP contribution is 2.38. The number of nitriles is 4. The van der Waals surface area contributed by atoms with E-state index in [1.165, 1.54) is 0 Å². The lowest BCUT2D eigenvalue weighted by atomic mass is 10.1. The molecule has 0 radical (unpaired) electrons. The summed E-state index contributed by atoms with van der Waals surface area (Å²) in [6, 6.07) is 20.0. The van der Waals surface area contributed by atoms with Gasteiger partial charge in [-0.2, -0.15) is 73.7 Å². The number of nitrogens with zero attached hydrogens (tertiary/aromatic N) is 16. The Bertz CT molecular complexity index is 3740. The van der Waals surface area contributed by atoms with Crippen LogP contribution in [-0.2, 0) is 24.7 Å². The van der Waals surface area contributed by atoms with Crippen LogP contribution in [0.5, 0.6) is 0 Å². The van der Waals surface area contributed by atoms with E-state index < -0.39 is 149 Å². The highest BCUT2D eigenvalue weighted by molar-refractivity contribution is 5.93. The predicted molar refractivity (Wildman–Crippen MR) is 230 cm³/mol. The second kappa shape index (κ2) is 16.7. The lowest BCUT2D eigenvalue weighted by Gasteiger charge is -2.22. The summed E-state index contributed by atoms with van der Waals surface area (Å²) in [4.78, 5) is 35.3. The highest BCUT2D eigenvalue weighted by atomic mass is 19.4. The first-order valence-electron chi connectivity index (χ1n) is 20.5. The average molecular weight is 1020 g/mol. The van der Waals surface area contributed by atoms with Crippen molar-refractivity contribution < 1.29 is 52.7 Å². The molecule has 0 N–H and O–H groups in total. The van der Waals surface area contributed by atoms with Crippen molar-refractivity contribution in [2.45, 2.75) is 24.7 Å². The molecule has 0 spiro atoms. The van der Waals surface area contributed by atoms with Gasteiger partial charge >= 0.3 is 24.7 Å². The van der Waals surface area contributed by atoms with Gasteiger partial charge in [0, 0.05) is 22.7 Å². The maximum absolute atomic E-state index is 14.4. The van der Waals surface area contributed by atoms with Crippen LogP contribution < -0.4 is 0 Å². The molecule has 0 fully saturated rings. The number of aromatic nitrogens is 12. The number of halogens is 12. The van der Waals surface area contributed by atoms with E-state index in [0.717, 1.165) is 66.8 Å². The highest BCUT2D eigenvalue weighted by Gasteiger charge is 2.35. The molecular weight excluding hydrogens is 1000 g/mol. The quantitative estimate of drug-likeness (QED) is 0.119. The van der Waals surface area contributed by atoms with Crippen LogP contribution in [0.25, 0.3) is 79.2 Å². The van der Waals surface area contributed by atoms with Crippen LogP contribution in [0.3, 0.4) is 0 Å². The maximum Gasteiger partial charge on any atom is 0.416 e. The molecule has 0 saturated heterocycles. The Labute approximate surface area is 401 Å². The molecule has 10 rings (SSSR count). The first-order valence-corrected chi connectivity index (χ1v) is 20.5. The third kappa shape index (κ3) is 7.92. The van der Waals surface area contributed by atoms with E-state index in [1.807, 2.05) is 0 Å². The summed E-state index contributed by atoms with van der Waals surface area (Å²) < 4.78 is 176. The summed E-state index contributed by atoms with van der Waals surface area (Å²) in [6.45, 7) is 0. The summed E-state index contributed by atoms with van der Waals surface area (Å²) in [5.74, 6) is 0. The van der Waals surface area contributed by atoms with E-state index in [9.17, 15) is 73.7 Å². The molecule has 0 aliphatic heterocycles. The zero-order valence-corrected chi connectivity index (χ0v) is 35.9. The third-order valence-corrected chi connectivity index (χ3v) is 11.0. The zero-order chi connectivity index (χ0) is 52.8. The van der Waals surface area contributed by atoms with Crippen molar-refractivity contribution in [1.29, 1.82) is 21.0 Å². The molecule has 0 saturated carbocycles. The van der Waals surface area contributed by atoms with E-state index in [2.05, 4.69) is 39.9 Å². The third-order valence-electron chi connectivity index (χ3n) is 11.0. The van der Waals surface area contributed by atoms with Crippen LogP contribution >= 0.6 is 0 Å². The Kier molecular flexibility index (Phi) is 10.7. The maximum atomic E-state index is 14.4. The molecule has 4 aromatic carbocycles. The predicted octanol–water partition coefficient (Wildman–Crippen LogP) is 10.5. The minimum absolute atomic E-state index is 0.448. The Morgan fingerprint density at radius 1 is 0.297 bits per heavy atom. The monoisotopic (exact) mass is 1020 g/mol. The smallest absolute Gasteiger partial charge is 0.273 e. The van der Waals surface area contributed by atoms with Crippen LogP contribution in [0.2, 0.25) is 0 Å². The summed E-state index contributed by atoms with van der Waals surface area (Å²) >= 11 is 0. The molecule has 74 heavy (non-hydrogen) atoms. The molecule has 6 heterocycles. The fourth-order valence-electron chi connectivity index (χ4n) is 7.86. The van der Waals surface area contributed by atoms with Gasteiger partial charge in [-0.3, -0.25) is 18.3 Å². The molecule has 0 bridgehead atoms. The standard InChI is InChI=1S/C46H16F12N16/c47-43(48,49)21-5-1-9-25(13-21)71-35-36(64-30(18-60)29(17-59)63-35)72(26-10-2-6-22(14-26)44(50,51)52)40-39(71)67-33-34(68-40)70-42-41(69-33)73(27-11-3-7-23(15-27)45(53,54)55)37-38(66-32(20-62)31(19-61)65-37)74(42)28-12-4-8-24(16-28)46(56,57)58/h1-16H. The van der Waals surface area contributed by atoms with Crippen LogP contribution in [-0.4, -0.2) is 58.1 Å². The molecule has 0 aliphatic rings. The van der Waals surface area contributed by atoms with Crippen molar-refractivity contribution in [3.63, 3.8) is 0 Å². The molecule has 0 atom stereocenters. The number of hydrogen-bond donors (Lipinski definition) is 0. The first-order chi connectivity index (χ1) is 35.0. The van der Waals surface area contributed by atoms with Crippen molar-refractivity contribution in [2.75, 3.05) is 0 Å². The lowest BCUT2D eigenvalue weighted by Crippen LogP contribution is -2.18. The molecule has 0 unspecified atom stereocenters. The molecule has 0 aliphatic carbocycles. The Morgan fingerprint density at radius 3 is 0.662 bits per heavy atom. The van der Waals surface area contributed by atoms with Crippen molar-refractivity contribution in [2.24, 2.45) is 0 Å². The van der Waals surface area contributed by atoms with Gasteiger partial charge in [-0.25, -0.2) is 39.9 Å². The fraction of sp³-hybridized carbons (Fsp3) is 0.0870. The van der Waals surface area contributed by atoms with Gasteiger partial charge in [0.15, 0.2) is 68.0 Å². The molecular formula is C46H16F12N16. The van der Waals surface area contributed by atoms with Gasteiger partial charge in [0.25, 0.3) is 0 Å². The first kappa shape index (κ1) is 47.5. The average Bonchev–Trinajstić information content (AvgIpc) is 3.36. The minimum Gasteiger partial charge on any atom is -0.273 e. The summed E-state index contributed by atoms with van der Waals surface area (Å²) in [5.41, 5.74) is -15.9. The van der Waals surface area contributed by atoms with Crippen molar-refractivity contribution in [3.8, 4) is 47.0 Å². The second-order valence-corrected chi connectivity index (χ2v) is 15.5. The largest absolute Gasteiger partial charge is 0.416 e. The fourth-order valence-corrected chi connectivity index (χ4v) is 7.86. The summed E-state index contributed by atoms with van der Waals surface area (Å²) in [7, 11) is 0. The Balaban J connectivity index is 1.48. The zero-order valence-electron chi connectivity index (χ0n) is 35.9. The summed E-state index contributed by atoms with van der Waals surface area (Å²) in [6.07, 6.45) is -20.0. The van der Waals surface area contributed by atoms with Crippen molar-refractivity contribution in [1.82, 2.24) is 58.1 Å². The number of rotatable bonds is 4. The van der Waals surface area contributed by atoms with Gasteiger partial charge in [0.2, 0.25) is 11.3 Å². The lowest BCUT2D eigenvalue weighted by molar-refractivity contribution is -0.138. The Morgan fingerprint density at radius 2 is 0.486 bits per heavy atom. The van der Waals surface area contributed by atoms with Crippen LogP contribution in [0.1, 0.15) is 45.0 Å². The van der Waals surface area contributed by atoms with E-state index in [-0.39, 0.29) is 0 Å².